The van der Waals surface area contributed by atoms with Crippen molar-refractivity contribution in [1.82, 2.24) is 10.2 Å². The highest BCUT2D eigenvalue weighted by Crippen LogP contribution is 2.35. The Morgan fingerprint density at radius 2 is 2.32 bits per heavy atom. The van der Waals surface area contributed by atoms with E-state index in [2.05, 4.69) is 17.4 Å². The molecule has 1 aromatic rings. The molecule has 4 nitrogen and oxygen atoms in total. The van der Waals surface area contributed by atoms with E-state index in [0.717, 1.165) is 12.2 Å². The second kappa shape index (κ2) is 6.82. The van der Waals surface area contributed by atoms with Crippen molar-refractivity contribution in [1.29, 1.82) is 0 Å². The highest BCUT2D eigenvalue weighted by Gasteiger charge is 2.23. The number of hydrogen-bond donors (Lipinski definition) is 2. The first kappa shape index (κ1) is 14.2. The van der Waals surface area contributed by atoms with Crippen LogP contribution in [0.15, 0.2) is 29.2 Å². The Morgan fingerprint density at radius 3 is 3.05 bits per heavy atom. The van der Waals surface area contributed by atoms with Gasteiger partial charge in [-0.25, -0.2) is 4.79 Å². The fraction of sp³-hybridized carbons (Fsp3) is 0.500. The first-order valence-electron chi connectivity index (χ1n) is 6.64. The third-order valence-corrected chi connectivity index (χ3v) is 4.42. The fourth-order valence-electron chi connectivity index (χ4n) is 2.26. The molecule has 2 N–H and O–H groups in total. The van der Waals surface area contributed by atoms with E-state index in [4.69, 9.17) is 5.11 Å². The van der Waals surface area contributed by atoms with Crippen molar-refractivity contribution in [2.75, 3.05) is 25.4 Å². The number of benzene rings is 1. The van der Waals surface area contributed by atoms with E-state index < -0.39 is 0 Å². The van der Waals surface area contributed by atoms with Crippen LogP contribution in [0.3, 0.4) is 0 Å². The Bertz CT molecular complexity index is 439. The van der Waals surface area contributed by atoms with Crippen LogP contribution in [0.4, 0.5) is 4.79 Å². The highest BCUT2D eigenvalue weighted by molar-refractivity contribution is 7.99. The average molecular weight is 280 g/mol. The normalized spacial score (nSPS) is 17.7. The number of thioether (sulfide) groups is 1. The van der Waals surface area contributed by atoms with E-state index >= 15 is 0 Å². The molecule has 2 rings (SSSR count). The third-order valence-electron chi connectivity index (χ3n) is 3.30. The molecule has 1 aromatic carbocycles. The van der Waals surface area contributed by atoms with Crippen LogP contribution >= 0.6 is 11.8 Å². The number of hydrogen-bond acceptors (Lipinski definition) is 3. The molecule has 1 atom stereocenters. The lowest BCUT2D eigenvalue weighted by molar-refractivity contribution is 0.176. The summed E-state index contributed by atoms with van der Waals surface area (Å²) in [5.74, 6) is 1.02. The number of urea groups is 1. The van der Waals surface area contributed by atoms with Crippen LogP contribution < -0.4 is 5.32 Å². The summed E-state index contributed by atoms with van der Waals surface area (Å²) in [6.07, 6.45) is 0.949. The molecule has 0 saturated carbocycles. The maximum absolute atomic E-state index is 12.1. The predicted molar refractivity (Wildman–Crippen MR) is 77.4 cm³/mol. The van der Waals surface area contributed by atoms with Crippen LogP contribution in [-0.2, 0) is 0 Å². The Balaban J connectivity index is 2.06. The van der Waals surface area contributed by atoms with Crippen molar-refractivity contribution < 1.29 is 9.90 Å². The van der Waals surface area contributed by atoms with Gasteiger partial charge in [0.1, 0.15) is 0 Å². The van der Waals surface area contributed by atoms with Gasteiger partial charge in [-0.3, -0.25) is 0 Å². The molecule has 0 spiro atoms. The summed E-state index contributed by atoms with van der Waals surface area (Å²) in [5.41, 5.74) is 1.20. The van der Waals surface area contributed by atoms with Crippen LogP contribution in [0, 0.1) is 0 Å². The lowest BCUT2D eigenvalue weighted by Crippen LogP contribution is -2.43. The minimum Gasteiger partial charge on any atom is -0.395 e. The minimum atomic E-state index is -0.0942. The Kier molecular flexibility index (Phi) is 5.10. The number of likely N-dealkylation sites (N-methyl/N-ethyl adjacent to an activating group) is 1. The molecule has 1 heterocycles. The van der Waals surface area contributed by atoms with Gasteiger partial charge in [0.15, 0.2) is 0 Å². The van der Waals surface area contributed by atoms with Gasteiger partial charge in [0.05, 0.1) is 12.6 Å². The molecule has 5 heteroatoms. The van der Waals surface area contributed by atoms with Crippen molar-refractivity contribution >= 4 is 17.8 Å². The average Bonchev–Trinajstić information content (AvgIpc) is 2.45. The van der Waals surface area contributed by atoms with Crippen molar-refractivity contribution in [3.05, 3.63) is 29.8 Å². The van der Waals surface area contributed by atoms with E-state index in [1.807, 2.05) is 30.8 Å². The molecule has 2 amide bonds. The topological polar surface area (TPSA) is 52.6 Å². The zero-order valence-corrected chi connectivity index (χ0v) is 11.9. The molecule has 0 aromatic heterocycles. The van der Waals surface area contributed by atoms with Crippen molar-refractivity contribution in [3.63, 3.8) is 0 Å². The van der Waals surface area contributed by atoms with E-state index in [0.29, 0.717) is 13.1 Å². The Labute approximate surface area is 118 Å². The van der Waals surface area contributed by atoms with Crippen LogP contribution in [0.25, 0.3) is 0 Å². The molecular formula is C14H20N2O2S. The second-order valence-electron chi connectivity index (χ2n) is 4.48. The van der Waals surface area contributed by atoms with E-state index in [9.17, 15) is 4.79 Å². The first-order valence-corrected chi connectivity index (χ1v) is 7.62. The number of carbonyl (C=O) groups is 1. The van der Waals surface area contributed by atoms with Crippen LogP contribution in [0.2, 0.25) is 0 Å². The predicted octanol–water partition coefficient (Wildman–Crippen LogP) is 2.25. The summed E-state index contributed by atoms with van der Waals surface area (Å²) in [6.45, 7) is 2.90. The van der Waals surface area contributed by atoms with Crippen molar-refractivity contribution in [2.24, 2.45) is 0 Å². The minimum absolute atomic E-state index is 0.00162. The van der Waals surface area contributed by atoms with Gasteiger partial charge in [0, 0.05) is 23.7 Å². The summed E-state index contributed by atoms with van der Waals surface area (Å²) < 4.78 is 0. The van der Waals surface area contributed by atoms with E-state index in [-0.39, 0.29) is 18.7 Å². The monoisotopic (exact) mass is 280 g/mol. The van der Waals surface area contributed by atoms with E-state index in [1.54, 1.807) is 4.90 Å². The van der Waals surface area contributed by atoms with E-state index in [1.165, 1.54) is 10.5 Å². The number of carbonyl (C=O) groups excluding carboxylic acids is 1. The maximum Gasteiger partial charge on any atom is 0.317 e. The van der Waals surface area contributed by atoms with Gasteiger partial charge in [-0.2, -0.15) is 0 Å². The SMILES string of the molecule is CCN(CCO)C(=O)NC1CCSc2ccccc21. The Hall–Kier alpha value is -1.20. The fourth-order valence-corrected chi connectivity index (χ4v) is 3.38. The summed E-state index contributed by atoms with van der Waals surface area (Å²) in [5, 5.41) is 12.0. The number of fused-ring (bicyclic) bond motifs is 1. The molecule has 0 saturated heterocycles. The maximum atomic E-state index is 12.1. The summed E-state index contributed by atoms with van der Waals surface area (Å²) in [7, 11) is 0. The number of aliphatic hydroxyl groups is 1. The molecule has 1 aliphatic rings. The van der Waals surface area contributed by atoms with Crippen molar-refractivity contribution in [3.8, 4) is 0 Å². The van der Waals surface area contributed by atoms with Gasteiger partial charge in [0.25, 0.3) is 0 Å². The molecule has 0 bridgehead atoms. The largest absolute Gasteiger partial charge is 0.395 e. The molecule has 0 radical (unpaired) electrons. The van der Waals surface area contributed by atoms with Gasteiger partial charge in [-0.15, -0.1) is 11.8 Å². The molecule has 104 valence electrons. The first-order chi connectivity index (χ1) is 9.26. The zero-order valence-electron chi connectivity index (χ0n) is 11.1. The second-order valence-corrected chi connectivity index (χ2v) is 5.62. The van der Waals surface area contributed by atoms with Crippen molar-refractivity contribution in [2.45, 2.75) is 24.3 Å². The van der Waals surface area contributed by atoms with Crippen LogP contribution in [0.5, 0.6) is 0 Å². The quantitative estimate of drug-likeness (QED) is 0.889. The number of amides is 2. The molecule has 1 unspecified atom stereocenters. The molecular weight excluding hydrogens is 260 g/mol. The standard InChI is InChI=1S/C14H20N2O2S/c1-2-16(8-9-17)14(18)15-12-7-10-19-13-6-4-3-5-11(12)13/h3-6,12,17H,2,7-10H2,1H3,(H,15,18). The number of aliphatic hydroxyl groups excluding tert-OH is 1. The number of nitrogens with one attached hydrogen (secondary N) is 1. The molecule has 1 aliphatic heterocycles. The van der Waals surface area contributed by atoms with Gasteiger partial charge >= 0.3 is 6.03 Å². The number of nitrogens with zero attached hydrogens (tertiary/aromatic N) is 1. The summed E-state index contributed by atoms with van der Waals surface area (Å²) >= 11 is 1.84. The van der Waals surface area contributed by atoms with Gasteiger partial charge in [0.2, 0.25) is 0 Å². The van der Waals surface area contributed by atoms with Crippen LogP contribution in [0.1, 0.15) is 24.9 Å². The summed E-state index contributed by atoms with van der Waals surface area (Å²) in [6, 6.07) is 8.20. The summed E-state index contributed by atoms with van der Waals surface area (Å²) in [4.78, 5) is 15.0. The molecule has 0 fully saturated rings. The molecule has 19 heavy (non-hydrogen) atoms. The highest BCUT2D eigenvalue weighted by atomic mass is 32.2. The van der Waals surface area contributed by atoms with Crippen LogP contribution in [-0.4, -0.2) is 41.5 Å². The van der Waals surface area contributed by atoms with Gasteiger partial charge < -0.3 is 15.3 Å². The zero-order chi connectivity index (χ0) is 13.7. The van der Waals surface area contributed by atoms with Gasteiger partial charge in [-0.1, -0.05) is 18.2 Å². The smallest absolute Gasteiger partial charge is 0.317 e. The lowest BCUT2D eigenvalue weighted by atomic mass is 10.0. The Morgan fingerprint density at radius 1 is 1.53 bits per heavy atom. The third kappa shape index (κ3) is 3.42. The number of rotatable bonds is 4. The molecule has 0 aliphatic carbocycles. The lowest BCUT2D eigenvalue weighted by Gasteiger charge is -2.29. The van der Waals surface area contributed by atoms with Gasteiger partial charge in [-0.05, 0) is 25.0 Å².